The summed E-state index contributed by atoms with van der Waals surface area (Å²) in [6.45, 7) is 5.84. The van der Waals surface area contributed by atoms with Gasteiger partial charge in [0.1, 0.15) is 5.75 Å². The monoisotopic (exact) mass is 236 g/mol. The van der Waals surface area contributed by atoms with Gasteiger partial charge in [0.25, 0.3) is 0 Å². The highest BCUT2D eigenvalue weighted by Gasteiger charge is 2.19. The van der Waals surface area contributed by atoms with Crippen LogP contribution in [0.25, 0.3) is 0 Å². The highest BCUT2D eigenvalue weighted by Crippen LogP contribution is 2.16. The SMILES string of the molecule is CCOC1CCN(Cc2ccc(O)cn2)CC1. The molecule has 4 heteroatoms. The van der Waals surface area contributed by atoms with E-state index in [4.69, 9.17) is 9.84 Å². The second-order valence-electron chi connectivity index (χ2n) is 4.44. The smallest absolute Gasteiger partial charge is 0.133 e. The predicted octanol–water partition coefficient (Wildman–Crippen LogP) is 1.79. The third kappa shape index (κ3) is 3.68. The molecule has 94 valence electrons. The quantitative estimate of drug-likeness (QED) is 0.865. The van der Waals surface area contributed by atoms with E-state index in [0.717, 1.165) is 44.8 Å². The van der Waals surface area contributed by atoms with Crippen LogP contribution in [0.3, 0.4) is 0 Å². The van der Waals surface area contributed by atoms with Crippen molar-refractivity contribution in [2.45, 2.75) is 32.4 Å². The highest BCUT2D eigenvalue weighted by atomic mass is 16.5. The standard InChI is InChI=1S/C13H20N2O2/c1-2-17-13-5-7-15(8-6-13)10-11-3-4-12(16)9-14-11/h3-4,9,13,16H,2,5-8,10H2,1H3. The van der Waals surface area contributed by atoms with Crippen LogP contribution in [-0.2, 0) is 11.3 Å². The fourth-order valence-corrected chi connectivity index (χ4v) is 2.21. The number of nitrogens with zero attached hydrogens (tertiary/aromatic N) is 2. The fraction of sp³-hybridized carbons (Fsp3) is 0.615. The Morgan fingerprint density at radius 3 is 2.76 bits per heavy atom. The van der Waals surface area contributed by atoms with Gasteiger partial charge in [-0.05, 0) is 31.9 Å². The molecule has 1 aromatic rings. The van der Waals surface area contributed by atoms with Crippen molar-refractivity contribution in [3.63, 3.8) is 0 Å². The highest BCUT2D eigenvalue weighted by molar-refractivity contribution is 5.17. The molecule has 2 heterocycles. The zero-order chi connectivity index (χ0) is 12.1. The van der Waals surface area contributed by atoms with Crippen LogP contribution in [0.5, 0.6) is 5.75 Å². The Bertz CT molecular complexity index is 332. The molecule has 0 amide bonds. The van der Waals surface area contributed by atoms with Crippen molar-refractivity contribution in [1.29, 1.82) is 0 Å². The van der Waals surface area contributed by atoms with Gasteiger partial charge < -0.3 is 9.84 Å². The second-order valence-corrected chi connectivity index (χ2v) is 4.44. The molecular weight excluding hydrogens is 216 g/mol. The summed E-state index contributed by atoms with van der Waals surface area (Å²) in [7, 11) is 0. The molecular formula is C13H20N2O2. The van der Waals surface area contributed by atoms with Crippen LogP contribution >= 0.6 is 0 Å². The Balaban J connectivity index is 1.79. The Morgan fingerprint density at radius 1 is 1.41 bits per heavy atom. The second kappa shape index (κ2) is 5.98. The van der Waals surface area contributed by atoms with E-state index in [1.54, 1.807) is 6.07 Å². The minimum Gasteiger partial charge on any atom is -0.506 e. The van der Waals surface area contributed by atoms with E-state index in [2.05, 4.69) is 9.88 Å². The molecule has 0 aromatic carbocycles. The average molecular weight is 236 g/mol. The van der Waals surface area contributed by atoms with Crippen molar-refractivity contribution < 1.29 is 9.84 Å². The van der Waals surface area contributed by atoms with Crippen LogP contribution in [0.1, 0.15) is 25.5 Å². The Labute approximate surface area is 102 Å². The van der Waals surface area contributed by atoms with E-state index < -0.39 is 0 Å². The first-order valence-corrected chi connectivity index (χ1v) is 6.25. The lowest BCUT2D eigenvalue weighted by Crippen LogP contribution is -2.36. The first-order chi connectivity index (χ1) is 8.28. The van der Waals surface area contributed by atoms with Crippen molar-refractivity contribution in [3.05, 3.63) is 24.0 Å². The molecule has 0 radical (unpaired) electrons. The molecule has 17 heavy (non-hydrogen) atoms. The van der Waals surface area contributed by atoms with Crippen LogP contribution in [0.4, 0.5) is 0 Å². The first kappa shape index (κ1) is 12.3. The summed E-state index contributed by atoms with van der Waals surface area (Å²) in [6.07, 6.45) is 4.14. The molecule has 4 nitrogen and oxygen atoms in total. The molecule has 1 aliphatic heterocycles. The van der Waals surface area contributed by atoms with Crippen LogP contribution < -0.4 is 0 Å². The van der Waals surface area contributed by atoms with Gasteiger partial charge in [-0.25, -0.2) is 0 Å². The van der Waals surface area contributed by atoms with E-state index in [-0.39, 0.29) is 5.75 Å². The summed E-state index contributed by atoms with van der Waals surface area (Å²) >= 11 is 0. The topological polar surface area (TPSA) is 45.6 Å². The molecule has 0 spiro atoms. The Morgan fingerprint density at radius 2 is 2.18 bits per heavy atom. The van der Waals surface area contributed by atoms with E-state index in [1.165, 1.54) is 6.20 Å². The van der Waals surface area contributed by atoms with Gasteiger partial charge in [0.05, 0.1) is 18.0 Å². The van der Waals surface area contributed by atoms with Gasteiger partial charge in [0, 0.05) is 26.2 Å². The van der Waals surface area contributed by atoms with Gasteiger partial charge in [0.2, 0.25) is 0 Å². The molecule has 1 N–H and O–H groups in total. The minimum atomic E-state index is 0.226. The lowest BCUT2D eigenvalue weighted by Gasteiger charge is -2.31. The third-order valence-electron chi connectivity index (χ3n) is 3.13. The van der Waals surface area contributed by atoms with Gasteiger partial charge in [-0.3, -0.25) is 9.88 Å². The Hall–Kier alpha value is -1.13. The van der Waals surface area contributed by atoms with Gasteiger partial charge >= 0.3 is 0 Å². The normalized spacial score (nSPS) is 18.4. The lowest BCUT2D eigenvalue weighted by molar-refractivity contribution is 0.0123. The summed E-state index contributed by atoms with van der Waals surface area (Å²) < 4.78 is 5.62. The van der Waals surface area contributed by atoms with Crippen molar-refractivity contribution in [3.8, 4) is 5.75 Å². The molecule has 0 saturated carbocycles. The summed E-state index contributed by atoms with van der Waals surface area (Å²) in [5, 5.41) is 9.16. The Kier molecular flexibility index (Phi) is 4.34. The number of aromatic hydroxyl groups is 1. The molecule has 1 fully saturated rings. The number of piperidine rings is 1. The van der Waals surface area contributed by atoms with E-state index in [0.29, 0.717) is 6.10 Å². The summed E-state index contributed by atoms with van der Waals surface area (Å²) in [4.78, 5) is 6.59. The third-order valence-corrected chi connectivity index (χ3v) is 3.13. The van der Waals surface area contributed by atoms with Crippen LogP contribution in [0.15, 0.2) is 18.3 Å². The van der Waals surface area contributed by atoms with Gasteiger partial charge in [-0.2, -0.15) is 0 Å². The maximum absolute atomic E-state index is 9.16. The molecule has 1 aliphatic rings. The number of ether oxygens (including phenoxy) is 1. The van der Waals surface area contributed by atoms with E-state index >= 15 is 0 Å². The molecule has 0 unspecified atom stereocenters. The van der Waals surface area contributed by atoms with Gasteiger partial charge in [-0.15, -0.1) is 0 Å². The maximum atomic E-state index is 9.16. The molecule has 1 saturated heterocycles. The van der Waals surface area contributed by atoms with Gasteiger partial charge in [-0.1, -0.05) is 0 Å². The van der Waals surface area contributed by atoms with Gasteiger partial charge in [0.15, 0.2) is 0 Å². The van der Waals surface area contributed by atoms with Crippen LogP contribution in [0.2, 0.25) is 0 Å². The van der Waals surface area contributed by atoms with Crippen molar-refractivity contribution in [2.24, 2.45) is 0 Å². The summed E-state index contributed by atoms with van der Waals surface area (Å²) in [5.74, 6) is 0.226. The number of hydrogen-bond acceptors (Lipinski definition) is 4. The summed E-state index contributed by atoms with van der Waals surface area (Å²) in [5.41, 5.74) is 1.01. The zero-order valence-electron chi connectivity index (χ0n) is 10.3. The van der Waals surface area contributed by atoms with Crippen molar-refractivity contribution in [2.75, 3.05) is 19.7 Å². The minimum absolute atomic E-state index is 0.226. The van der Waals surface area contributed by atoms with Crippen molar-refractivity contribution in [1.82, 2.24) is 9.88 Å². The maximum Gasteiger partial charge on any atom is 0.133 e. The average Bonchev–Trinajstić information content (AvgIpc) is 2.35. The largest absolute Gasteiger partial charge is 0.506 e. The molecule has 0 atom stereocenters. The molecule has 1 aromatic heterocycles. The van der Waals surface area contributed by atoms with Crippen molar-refractivity contribution >= 4 is 0 Å². The first-order valence-electron chi connectivity index (χ1n) is 6.25. The van der Waals surface area contributed by atoms with Crippen LogP contribution in [0, 0.1) is 0 Å². The zero-order valence-corrected chi connectivity index (χ0v) is 10.3. The van der Waals surface area contributed by atoms with Crippen LogP contribution in [-0.4, -0.2) is 40.8 Å². The number of aromatic nitrogens is 1. The van der Waals surface area contributed by atoms with E-state index in [9.17, 15) is 0 Å². The fourth-order valence-electron chi connectivity index (χ4n) is 2.21. The summed E-state index contributed by atoms with van der Waals surface area (Å²) in [6, 6.07) is 3.57. The number of hydrogen-bond donors (Lipinski definition) is 1. The predicted molar refractivity (Wildman–Crippen MR) is 65.8 cm³/mol. The number of likely N-dealkylation sites (tertiary alicyclic amines) is 1. The molecule has 2 rings (SSSR count). The van der Waals surface area contributed by atoms with E-state index in [1.807, 2.05) is 13.0 Å². The molecule has 0 bridgehead atoms. The number of pyridine rings is 1. The molecule has 0 aliphatic carbocycles. The number of rotatable bonds is 4. The lowest BCUT2D eigenvalue weighted by atomic mass is 10.1.